The molecule has 0 saturated carbocycles. The highest BCUT2D eigenvalue weighted by atomic mass is 35.5. The normalized spacial score (nSPS) is 25.3. The van der Waals surface area contributed by atoms with Gasteiger partial charge in [-0.15, -0.1) is 0 Å². The Morgan fingerprint density at radius 1 is 1.22 bits per heavy atom. The second-order valence-corrected chi connectivity index (χ2v) is 6.46. The molecule has 4 nitrogen and oxygen atoms in total. The summed E-state index contributed by atoms with van der Waals surface area (Å²) in [6.07, 6.45) is 1.00. The zero-order valence-electron chi connectivity index (χ0n) is 12.3. The summed E-state index contributed by atoms with van der Waals surface area (Å²) in [5, 5.41) is 13.3. The second kappa shape index (κ2) is 5.55. The van der Waals surface area contributed by atoms with Crippen LogP contribution in [0.2, 0.25) is 5.02 Å². The number of rotatable bonds is 2. The maximum atomic E-state index is 11.0. The number of carboxylic acids is 1. The Hall–Kier alpha value is -2.04. The Labute approximate surface area is 139 Å². The third-order valence-electron chi connectivity index (χ3n) is 4.71. The van der Waals surface area contributed by atoms with Crippen LogP contribution in [-0.4, -0.2) is 17.7 Å². The fourth-order valence-corrected chi connectivity index (χ4v) is 3.79. The molecule has 1 saturated heterocycles. The van der Waals surface area contributed by atoms with Gasteiger partial charge in [-0.2, -0.15) is 0 Å². The molecule has 1 unspecified atom stereocenters. The Bertz CT molecular complexity index is 759. The van der Waals surface area contributed by atoms with Gasteiger partial charge in [-0.05, 0) is 42.3 Å². The minimum atomic E-state index is -0.907. The number of ether oxygens (including phenoxy) is 1. The minimum absolute atomic E-state index is 0.0362. The molecule has 0 radical (unpaired) electrons. The Morgan fingerprint density at radius 3 is 2.74 bits per heavy atom. The number of aromatic carboxylic acids is 1. The molecule has 2 aliphatic heterocycles. The van der Waals surface area contributed by atoms with E-state index in [1.165, 1.54) is 0 Å². The van der Waals surface area contributed by atoms with Crippen LogP contribution in [0.5, 0.6) is 0 Å². The minimum Gasteiger partial charge on any atom is -0.478 e. The molecule has 118 valence electrons. The van der Waals surface area contributed by atoms with Crippen molar-refractivity contribution < 1.29 is 14.6 Å². The highest BCUT2D eigenvalue weighted by Crippen LogP contribution is 2.50. The zero-order chi connectivity index (χ0) is 16.0. The monoisotopic (exact) mass is 329 g/mol. The number of halogens is 1. The van der Waals surface area contributed by atoms with E-state index in [0.717, 1.165) is 29.8 Å². The number of carbonyl (C=O) groups is 1. The van der Waals surface area contributed by atoms with Crippen molar-refractivity contribution in [2.45, 2.75) is 18.6 Å². The first-order chi connectivity index (χ1) is 11.1. The van der Waals surface area contributed by atoms with Gasteiger partial charge in [-0.25, -0.2) is 4.79 Å². The highest BCUT2D eigenvalue weighted by Gasteiger charge is 2.41. The Kier molecular flexibility index (Phi) is 3.51. The number of fused-ring (bicyclic) bond motifs is 3. The smallest absolute Gasteiger partial charge is 0.335 e. The molecular weight excluding hydrogens is 314 g/mol. The molecule has 2 heterocycles. The van der Waals surface area contributed by atoms with E-state index in [4.69, 9.17) is 21.4 Å². The quantitative estimate of drug-likeness (QED) is 0.863. The highest BCUT2D eigenvalue weighted by molar-refractivity contribution is 6.30. The zero-order valence-corrected chi connectivity index (χ0v) is 13.1. The summed E-state index contributed by atoms with van der Waals surface area (Å²) in [6.45, 7) is 0.729. The van der Waals surface area contributed by atoms with Crippen LogP contribution in [0, 0.1) is 5.92 Å². The van der Waals surface area contributed by atoms with Gasteiger partial charge in [0, 0.05) is 28.8 Å². The third-order valence-corrected chi connectivity index (χ3v) is 4.95. The van der Waals surface area contributed by atoms with Crippen LogP contribution in [0.25, 0.3) is 0 Å². The lowest BCUT2D eigenvalue weighted by Crippen LogP contribution is -2.29. The SMILES string of the molecule is O=C(O)c1ccc(C2Nc3ccc(Cl)cc3[C@H]3OCC[C@@H]23)cc1. The van der Waals surface area contributed by atoms with Gasteiger partial charge in [0.1, 0.15) is 0 Å². The summed E-state index contributed by atoms with van der Waals surface area (Å²) in [6, 6.07) is 13.0. The summed E-state index contributed by atoms with van der Waals surface area (Å²) < 4.78 is 5.96. The van der Waals surface area contributed by atoms with Crippen LogP contribution < -0.4 is 5.32 Å². The van der Waals surface area contributed by atoms with E-state index < -0.39 is 5.97 Å². The third kappa shape index (κ3) is 2.48. The molecule has 2 aromatic rings. The number of nitrogens with one attached hydrogen (secondary N) is 1. The lowest BCUT2D eigenvalue weighted by Gasteiger charge is -2.36. The maximum Gasteiger partial charge on any atom is 0.335 e. The first-order valence-electron chi connectivity index (χ1n) is 7.64. The molecule has 0 bridgehead atoms. The van der Waals surface area contributed by atoms with Crippen LogP contribution in [0.4, 0.5) is 5.69 Å². The predicted molar refractivity (Wildman–Crippen MR) is 88.0 cm³/mol. The fraction of sp³-hybridized carbons (Fsp3) is 0.278. The summed E-state index contributed by atoms with van der Waals surface area (Å²) in [5.41, 5.74) is 3.52. The van der Waals surface area contributed by atoms with Crippen molar-refractivity contribution in [2.75, 3.05) is 11.9 Å². The van der Waals surface area contributed by atoms with Crippen molar-refractivity contribution >= 4 is 23.3 Å². The Morgan fingerprint density at radius 2 is 2.00 bits per heavy atom. The molecule has 2 N–H and O–H groups in total. The maximum absolute atomic E-state index is 11.0. The van der Waals surface area contributed by atoms with Crippen molar-refractivity contribution in [2.24, 2.45) is 5.92 Å². The fourth-order valence-electron chi connectivity index (χ4n) is 3.61. The van der Waals surface area contributed by atoms with Crippen LogP contribution in [-0.2, 0) is 4.74 Å². The summed E-state index contributed by atoms with van der Waals surface area (Å²) in [4.78, 5) is 11.0. The average molecular weight is 330 g/mol. The molecule has 2 aliphatic rings. The average Bonchev–Trinajstić information content (AvgIpc) is 3.04. The van der Waals surface area contributed by atoms with E-state index in [1.54, 1.807) is 12.1 Å². The summed E-state index contributed by atoms with van der Waals surface area (Å²) in [7, 11) is 0. The standard InChI is InChI=1S/C18H16ClNO3/c19-12-5-6-15-14(9-12)17-13(7-8-23-17)16(20-15)10-1-3-11(4-2-10)18(21)22/h1-6,9,13,16-17,20H,7-8H2,(H,21,22)/t13-,16?,17-/m0/s1. The van der Waals surface area contributed by atoms with Gasteiger partial charge >= 0.3 is 5.97 Å². The van der Waals surface area contributed by atoms with E-state index in [-0.39, 0.29) is 12.1 Å². The van der Waals surface area contributed by atoms with Crippen LogP contribution in [0.3, 0.4) is 0 Å². The van der Waals surface area contributed by atoms with Gasteiger partial charge < -0.3 is 15.2 Å². The molecule has 1 fully saturated rings. The van der Waals surface area contributed by atoms with Crippen molar-refractivity contribution in [1.82, 2.24) is 0 Å². The number of anilines is 1. The lowest BCUT2D eigenvalue weighted by atomic mass is 9.81. The van der Waals surface area contributed by atoms with Gasteiger partial charge in [0.2, 0.25) is 0 Å². The molecule has 0 spiro atoms. The molecule has 23 heavy (non-hydrogen) atoms. The molecule has 0 aromatic heterocycles. The van der Waals surface area contributed by atoms with Crippen LogP contribution in [0.1, 0.15) is 40.1 Å². The lowest BCUT2D eigenvalue weighted by molar-refractivity contribution is 0.0696. The summed E-state index contributed by atoms with van der Waals surface area (Å²) in [5.74, 6) is -0.591. The van der Waals surface area contributed by atoms with E-state index in [9.17, 15) is 4.79 Å². The molecular formula is C18H16ClNO3. The molecule has 2 aromatic carbocycles. The van der Waals surface area contributed by atoms with Crippen LogP contribution >= 0.6 is 11.6 Å². The van der Waals surface area contributed by atoms with Crippen LogP contribution in [0.15, 0.2) is 42.5 Å². The van der Waals surface area contributed by atoms with E-state index >= 15 is 0 Å². The second-order valence-electron chi connectivity index (χ2n) is 6.02. The predicted octanol–water partition coefficient (Wildman–Crippen LogP) is 4.28. The number of hydrogen-bond acceptors (Lipinski definition) is 3. The van der Waals surface area contributed by atoms with Crippen molar-refractivity contribution in [3.63, 3.8) is 0 Å². The molecule has 5 heteroatoms. The molecule has 0 aliphatic carbocycles. The van der Waals surface area contributed by atoms with Gasteiger partial charge in [-0.1, -0.05) is 23.7 Å². The first-order valence-corrected chi connectivity index (χ1v) is 8.02. The van der Waals surface area contributed by atoms with Gasteiger partial charge in [0.25, 0.3) is 0 Å². The van der Waals surface area contributed by atoms with Gasteiger partial charge in [-0.3, -0.25) is 0 Å². The van der Waals surface area contributed by atoms with Gasteiger partial charge in [0.15, 0.2) is 0 Å². The molecule has 4 rings (SSSR count). The number of benzene rings is 2. The first kappa shape index (κ1) is 14.5. The molecule has 3 atom stereocenters. The topological polar surface area (TPSA) is 58.6 Å². The van der Waals surface area contributed by atoms with E-state index in [2.05, 4.69) is 5.32 Å². The van der Waals surface area contributed by atoms with E-state index in [1.807, 2.05) is 30.3 Å². The number of hydrogen-bond donors (Lipinski definition) is 2. The summed E-state index contributed by atoms with van der Waals surface area (Å²) >= 11 is 6.13. The van der Waals surface area contributed by atoms with E-state index in [0.29, 0.717) is 16.5 Å². The number of carboxylic acid groups (broad SMARTS) is 1. The Balaban J connectivity index is 1.72. The van der Waals surface area contributed by atoms with Crippen molar-refractivity contribution in [1.29, 1.82) is 0 Å². The van der Waals surface area contributed by atoms with Gasteiger partial charge in [0.05, 0.1) is 17.7 Å². The van der Waals surface area contributed by atoms with Crippen molar-refractivity contribution in [3.05, 3.63) is 64.2 Å². The van der Waals surface area contributed by atoms with Crippen molar-refractivity contribution in [3.8, 4) is 0 Å². The largest absolute Gasteiger partial charge is 0.478 e. The molecule has 0 amide bonds.